The molecule has 1 unspecified atom stereocenters. The first-order chi connectivity index (χ1) is 6.07. The molecule has 1 radical (unpaired) electrons. The number of nitrogens with two attached hydrogens (primary N) is 1. The molecule has 0 saturated heterocycles. The van der Waals surface area contributed by atoms with Crippen LogP contribution in [-0.2, 0) is 4.79 Å². The van der Waals surface area contributed by atoms with Gasteiger partial charge in [-0.3, -0.25) is 15.9 Å². The number of guanidine groups is 1. The summed E-state index contributed by atoms with van der Waals surface area (Å²) in [4.78, 5) is 10.6. The predicted molar refractivity (Wildman–Crippen MR) is 50.1 cm³/mol. The highest BCUT2D eigenvalue weighted by Gasteiger charge is 2.11. The minimum atomic E-state index is -0.606. The molecule has 0 heterocycles. The first kappa shape index (κ1) is 11.7. The predicted octanol–water partition coefficient (Wildman–Crippen LogP) is -1.35. The van der Waals surface area contributed by atoms with E-state index in [0.29, 0.717) is 19.4 Å². The van der Waals surface area contributed by atoms with Gasteiger partial charge >= 0.3 is 0 Å². The van der Waals surface area contributed by atoms with Crippen molar-refractivity contribution in [2.24, 2.45) is 5.73 Å². The molecule has 0 aliphatic rings. The second kappa shape index (κ2) is 6.24. The fraction of sp³-hybridized carbons (Fsp3) is 0.714. The molecule has 0 rings (SSSR count). The molecule has 6 heteroatoms. The van der Waals surface area contributed by atoms with Gasteiger partial charge in [-0.15, -0.1) is 0 Å². The van der Waals surface area contributed by atoms with Crippen molar-refractivity contribution in [2.45, 2.75) is 18.9 Å². The molecule has 1 amide bonds. The Balaban J connectivity index is 3.50. The molecule has 1 atom stereocenters. The summed E-state index contributed by atoms with van der Waals surface area (Å²) in [6.07, 6.45) is 1.29. The number of hydrogen-bond donors (Lipinski definition) is 4. The van der Waals surface area contributed by atoms with Crippen molar-refractivity contribution in [2.75, 3.05) is 13.6 Å². The minimum absolute atomic E-state index is 0.0711. The molecule has 6 nitrogen and oxygen atoms in total. The van der Waals surface area contributed by atoms with Crippen LogP contribution in [0.15, 0.2) is 0 Å². The quantitative estimate of drug-likeness (QED) is 0.233. The Labute approximate surface area is 77.6 Å². The van der Waals surface area contributed by atoms with E-state index >= 15 is 0 Å². The van der Waals surface area contributed by atoms with E-state index in [4.69, 9.17) is 16.9 Å². The van der Waals surface area contributed by atoms with Crippen molar-refractivity contribution >= 4 is 11.9 Å². The van der Waals surface area contributed by atoms with Crippen molar-refractivity contribution < 1.29 is 4.79 Å². The van der Waals surface area contributed by atoms with Crippen LogP contribution in [0.1, 0.15) is 12.8 Å². The Bertz CT molecular complexity index is 182. The maximum Gasteiger partial charge on any atom is 0.255 e. The summed E-state index contributed by atoms with van der Waals surface area (Å²) >= 11 is 0. The second-order valence-electron chi connectivity index (χ2n) is 2.69. The molecule has 75 valence electrons. The second-order valence-corrected chi connectivity index (χ2v) is 2.69. The zero-order valence-corrected chi connectivity index (χ0v) is 7.68. The van der Waals surface area contributed by atoms with E-state index in [1.807, 2.05) is 0 Å². The third-order valence-electron chi connectivity index (χ3n) is 1.65. The molecule has 0 aromatic heterocycles. The van der Waals surface area contributed by atoms with Crippen molar-refractivity contribution in [1.82, 2.24) is 16.4 Å². The molecule has 0 aliphatic carbocycles. The summed E-state index contributed by atoms with van der Waals surface area (Å²) in [5.41, 5.74) is 11.9. The van der Waals surface area contributed by atoms with Crippen LogP contribution in [0.25, 0.3) is 0 Å². The molecule has 0 spiro atoms. The van der Waals surface area contributed by atoms with E-state index in [2.05, 4.69) is 10.6 Å². The highest BCUT2D eigenvalue weighted by Crippen LogP contribution is 1.94. The SMILES string of the molecule is CNC(CCCNC(=N)N)C([NH])=O. The van der Waals surface area contributed by atoms with Gasteiger partial charge < -0.3 is 16.4 Å². The highest BCUT2D eigenvalue weighted by atomic mass is 16.1. The minimum Gasteiger partial charge on any atom is -0.370 e. The number of rotatable bonds is 6. The third-order valence-corrected chi connectivity index (χ3v) is 1.65. The monoisotopic (exact) mass is 186 g/mol. The number of carbonyl (C=O) groups excluding carboxylic acids is 1. The first-order valence-electron chi connectivity index (χ1n) is 4.08. The zero-order chi connectivity index (χ0) is 10.3. The lowest BCUT2D eigenvalue weighted by atomic mass is 10.1. The maximum atomic E-state index is 10.6. The van der Waals surface area contributed by atoms with Crippen molar-refractivity contribution in [1.29, 1.82) is 5.41 Å². The summed E-state index contributed by atoms with van der Waals surface area (Å²) in [5.74, 6) is -0.677. The van der Waals surface area contributed by atoms with Gasteiger partial charge in [0.1, 0.15) is 0 Å². The van der Waals surface area contributed by atoms with Gasteiger partial charge in [-0.1, -0.05) is 0 Å². The highest BCUT2D eigenvalue weighted by molar-refractivity contribution is 5.79. The smallest absolute Gasteiger partial charge is 0.255 e. The van der Waals surface area contributed by atoms with Crippen LogP contribution in [0.2, 0.25) is 0 Å². The Morgan fingerprint density at radius 2 is 2.23 bits per heavy atom. The summed E-state index contributed by atoms with van der Waals surface area (Å²) in [6, 6.07) is -0.409. The van der Waals surface area contributed by atoms with Gasteiger partial charge in [0.2, 0.25) is 0 Å². The standard InChI is InChI=1S/C7H16N5O/c1-11-5(6(8)13)3-2-4-12-7(9)10/h5,8,11H,2-4H2,1H3,(H4,9,10,12). The van der Waals surface area contributed by atoms with Crippen LogP contribution in [0.3, 0.4) is 0 Å². The summed E-state index contributed by atoms with van der Waals surface area (Å²) in [5, 5.41) is 12.2. The van der Waals surface area contributed by atoms with Crippen LogP contribution in [-0.4, -0.2) is 31.5 Å². The number of likely N-dealkylation sites (N-methyl/N-ethyl adjacent to an activating group) is 1. The van der Waals surface area contributed by atoms with E-state index < -0.39 is 11.9 Å². The van der Waals surface area contributed by atoms with Crippen LogP contribution in [0.5, 0.6) is 0 Å². The molecular weight excluding hydrogens is 170 g/mol. The number of amides is 1. The number of nitrogens with one attached hydrogen (secondary N) is 4. The summed E-state index contributed by atoms with van der Waals surface area (Å²) in [6.45, 7) is 0.556. The molecule has 0 fully saturated rings. The topological polar surface area (TPSA) is 115 Å². The Kier molecular flexibility index (Phi) is 5.62. The van der Waals surface area contributed by atoms with Gasteiger partial charge in [-0.25, -0.2) is 0 Å². The van der Waals surface area contributed by atoms with E-state index in [9.17, 15) is 4.79 Å². The van der Waals surface area contributed by atoms with Crippen LogP contribution in [0, 0.1) is 5.41 Å². The largest absolute Gasteiger partial charge is 0.370 e. The van der Waals surface area contributed by atoms with Gasteiger partial charge in [-0.2, -0.15) is 0 Å². The molecular formula is C7H16N5O. The van der Waals surface area contributed by atoms with E-state index in [-0.39, 0.29) is 5.96 Å². The lowest BCUT2D eigenvalue weighted by Crippen LogP contribution is -2.36. The van der Waals surface area contributed by atoms with Gasteiger partial charge in [0.15, 0.2) is 5.96 Å². The van der Waals surface area contributed by atoms with Crippen molar-refractivity contribution in [3.8, 4) is 0 Å². The molecule has 0 aromatic carbocycles. The van der Waals surface area contributed by atoms with Gasteiger partial charge in [0.05, 0.1) is 6.04 Å². The summed E-state index contributed by atoms with van der Waals surface area (Å²) in [7, 11) is 1.65. The van der Waals surface area contributed by atoms with Crippen molar-refractivity contribution in [3.05, 3.63) is 0 Å². The van der Waals surface area contributed by atoms with Crippen LogP contribution >= 0.6 is 0 Å². The van der Waals surface area contributed by atoms with E-state index in [1.54, 1.807) is 7.05 Å². The number of carbonyl (C=O) groups is 1. The normalized spacial score (nSPS) is 12.1. The number of hydrogen-bond acceptors (Lipinski definition) is 3. The van der Waals surface area contributed by atoms with Gasteiger partial charge in [0.25, 0.3) is 5.91 Å². The first-order valence-corrected chi connectivity index (χ1v) is 4.08. The Hall–Kier alpha value is -1.30. The van der Waals surface area contributed by atoms with Crippen LogP contribution < -0.4 is 22.1 Å². The zero-order valence-electron chi connectivity index (χ0n) is 7.68. The third kappa shape index (κ3) is 5.92. The maximum absolute atomic E-state index is 10.6. The van der Waals surface area contributed by atoms with Gasteiger partial charge in [0, 0.05) is 6.54 Å². The molecule has 0 aliphatic heterocycles. The fourth-order valence-electron chi connectivity index (χ4n) is 0.936. The molecule has 6 N–H and O–H groups in total. The average molecular weight is 186 g/mol. The molecule has 13 heavy (non-hydrogen) atoms. The van der Waals surface area contributed by atoms with E-state index in [1.165, 1.54) is 0 Å². The molecule has 0 aromatic rings. The fourth-order valence-corrected chi connectivity index (χ4v) is 0.936. The Morgan fingerprint density at radius 1 is 1.62 bits per heavy atom. The van der Waals surface area contributed by atoms with E-state index in [0.717, 1.165) is 0 Å². The Morgan fingerprint density at radius 3 is 2.62 bits per heavy atom. The molecule has 0 saturated carbocycles. The molecule has 0 bridgehead atoms. The van der Waals surface area contributed by atoms with Gasteiger partial charge in [-0.05, 0) is 19.9 Å². The lowest BCUT2D eigenvalue weighted by molar-refractivity contribution is -0.120. The summed E-state index contributed by atoms with van der Waals surface area (Å²) < 4.78 is 0. The van der Waals surface area contributed by atoms with Crippen molar-refractivity contribution in [3.63, 3.8) is 0 Å². The average Bonchev–Trinajstić information content (AvgIpc) is 2.03. The van der Waals surface area contributed by atoms with Crippen LogP contribution in [0.4, 0.5) is 0 Å². The lowest BCUT2D eigenvalue weighted by Gasteiger charge is -2.11.